The fourth-order valence-corrected chi connectivity index (χ4v) is 1.97. The SMILES string of the molecule is CCNC(=NCCC(=O)NC(C)CC)NC1CC=CC1.I. The van der Waals surface area contributed by atoms with Crippen molar-refractivity contribution in [3.05, 3.63) is 12.2 Å². The van der Waals surface area contributed by atoms with E-state index in [1.54, 1.807) is 0 Å². The van der Waals surface area contributed by atoms with Crippen LogP contribution in [0.2, 0.25) is 0 Å². The molecule has 1 rings (SSSR count). The molecular weight excluding hydrogens is 379 g/mol. The van der Waals surface area contributed by atoms with Crippen LogP contribution in [0.3, 0.4) is 0 Å². The zero-order chi connectivity index (χ0) is 14.8. The summed E-state index contributed by atoms with van der Waals surface area (Å²) < 4.78 is 0. The Balaban J connectivity index is 0.00000400. The molecule has 0 heterocycles. The average Bonchev–Trinajstić information content (AvgIpc) is 2.91. The second-order valence-electron chi connectivity index (χ2n) is 5.17. The molecule has 0 spiro atoms. The van der Waals surface area contributed by atoms with E-state index < -0.39 is 0 Å². The van der Waals surface area contributed by atoms with Crippen LogP contribution in [0, 0.1) is 0 Å². The van der Waals surface area contributed by atoms with Gasteiger partial charge in [0.05, 0.1) is 6.54 Å². The monoisotopic (exact) mass is 408 g/mol. The molecule has 1 amide bonds. The molecule has 0 aromatic carbocycles. The number of aliphatic imine (C=N–C) groups is 1. The van der Waals surface area contributed by atoms with E-state index in [0.717, 1.165) is 31.8 Å². The van der Waals surface area contributed by atoms with Gasteiger partial charge >= 0.3 is 0 Å². The number of guanidine groups is 1. The van der Waals surface area contributed by atoms with Crippen molar-refractivity contribution in [1.29, 1.82) is 0 Å². The van der Waals surface area contributed by atoms with Gasteiger partial charge in [-0.05, 0) is 33.1 Å². The number of carbonyl (C=O) groups excluding carboxylic acids is 1. The first-order chi connectivity index (χ1) is 9.65. The average molecular weight is 408 g/mol. The first-order valence-corrected chi connectivity index (χ1v) is 7.64. The Labute approximate surface area is 145 Å². The number of halogens is 1. The van der Waals surface area contributed by atoms with Crippen LogP contribution in [0.4, 0.5) is 0 Å². The molecule has 0 aromatic rings. The third-order valence-corrected chi connectivity index (χ3v) is 3.32. The quantitative estimate of drug-likeness (QED) is 0.262. The Morgan fingerprint density at radius 1 is 1.33 bits per heavy atom. The number of hydrogen-bond donors (Lipinski definition) is 3. The molecule has 1 unspecified atom stereocenters. The number of amides is 1. The van der Waals surface area contributed by atoms with Gasteiger partial charge in [0.25, 0.3) is 0 Å². The van der Waals surface area contributed by atoms with Crippen LogP contribution in [0.25, 0.3) is 0 Å². The van der Waals surface area contributed by atoms with Crippen LogP contribution in [-0.4, -0.2) is 37.0 Å². The Bertz CT molecular complexity index is 350. The molecule has 21 heavy (non-hydrogen) atoms. The summed E-state index contributed by atoms with van der Waals surface area (Å²) in [5, 5.41) is 9.55. The van der Waals surface area contributed by atoms with Gasteiger partial charge in [-0.3, -0.25) is 9.79 Å². The standard InChI is InChI=1S/C15H28N4O.HI/c1-4-12(3)18-14(20)10-11-17-15(16-5-2)19-13-8-6-7-9-13;/h6-7,12-13H,4-5,8-11H2,1-3H3,(H,18,20)(H2,16,17,19);1H. The Morgan fingerprint density at radius 2 is 2.00 bits per heavy atom. The summed E-state index contributed by atoms with van der Waals surface area (Å²) in [7, 11) is 0. The lowest BCUT2D eigenvalue weighted by atomic mass is 10.2. The minimum Gasteiger partial charge on any atom is -0.357 e. The first kappa shape index (κ1) is 20.2. The lowest BCUT2D eigenvalue weighted by Gasteiger charge is -2.16. The second kappa shape index (κ2) is 11.8. The van der Waals surface area contributed by atoms with E-state index >= 15 is 0 Å². The first-order valence-electron chi connectivity index (χ1n) is 7.64. The van der Waals surface area contributed by atoms with E-state index in [1.807, 2.05) is 13.8 Å². The van der Waals surface area contributed by atoms with Gasteiger partial charge in [0.2, 0.25) is 5.91 Å². The Kier molecular flexibility index (Phi) is 11.4. The minimum absolute atomic E-state index is 0. The number of rotatable bonds is 7. The molecule has 1 atom stereocenters. The Morgan fingerprint density at radius 3 is 2.57 bits per heavy atom. The molecule has 0 bridgehead atoms. The maximum Gasteiger partial charge on any atom is 0.222 e. The lowest BCUT2D eigenvalue weighted by Crippen LogP contribution is -2.42. The number of nitrogens with one attached hydrogen (secondary N) is 3. The summed E-state index contributed by atoms with van der Waals surface area (Å²) in [5.74, 6) is 0.874. The van der Waals surface area contributed by atoms with Crippen LogP contribution >= 0.6 is 24.0 Å². The van der Waals surface area contributed by atoms with Crippen molar-refractivity contribution in [3.8, 4) is 0 Å². The normalized spacial score (nSPS) is 16.2. The molecule has 0 aromatic heterocycles. The summed E-state index contributed by atoms with van der Waals surface area (Å²) in [6.45, 7) is 7.45. The van der Waals surface area contributed by atoms with E-state index in [-0.39, 0.29) is 35.9 Å². The molecule has 122 valence electrons. The third kappa shape index (κ3) is 8.95. The fourth-order valence-electron chi connectivity index (χ4n) is 1.97. The van der Waals surface area contributed by atoms with E-state index in [0.29, 0.717) is 19.0 Å². The number of carbonyl (C=O) groups is 1. The van der Waals surface area contributed by atoms with E-state index in [2.05, 4.69) is 40.0 Å². The molecule has 6 heteroatoms. The molecule has 0 radical (unpaired) electrons. The zero-order valence-electron chi connectivity index (χ0n) is 13.3. The summed E-state index contributed by atoms with van der Waals surface area (Å²) in [6, 6.07) is 0.671. The van der Waals surface area contributed by atoms with Gasteiger partial charge in [-0.1, -0.05) is 19.1 Å². The molecule has 1 aliphatic carbocycles. The fraction of sp³-hybridized carbons (Fsp3) is 0.733. The van der Waals surface area contributed by atoms with Crippen LogP contribution in [0.1, 0.15) is 46.5 Å². The molecule has 0 fully saturated rings. The summed E-state index contributed by atoms with van der Waals surface area (Å²) >= 11 is 0. The van der Waals surface area contributed by atoms with Gasteiger partial charge in [-0.15, -0.1) is 24.0 Å². The summed E-state index contributed by atoms with van der Waals surface area (Å²) in [6.07, 6.45) is 7.83. The van der Waals surface area contributed by atoms with Crippen molar-refractivity contribution in [2.75, 3.05) is 13.1 Å². The smallest absolute Gasteiger partial charge is 0.222 e. The highest BCUT2D eigenvalue weighted by molar-refractivity contribution is 14.0. The van der Waals surface area contributed by atoms with Crippen LogP contribution < -0.4 is 16.0 Å². The van der Waals surface area contributed by atoms with Crippen molar-refractivity contribution in [1.82, 2.24) is 16.0 Å². The van der Waals surface area contributed by atoms with Crippen molar-refractivity contribution in [3.63, 3.8) is 0 Å². The highest BCUT2D eigenvalue weighted by Gasteiger charge is 2.11. The zero-order valence-corrected chi connectivity index (χ0v) is 15.6. The molecular formula is C15H29IN4O. The van der Waals surface area contributed by atoms with Gasteiger partial charge in [-0.25, -0.2) is 0 Å². The molecule has 0 aliphatic heterocycles. The van der Waals surface area contributed by atoms with Gasteiger partial charge in [0.1, 0.15) is 0 Å². The molecule has 0 saturated heterocycles. The predicted octanol–water partition coefficient (Wildman–Crippen LogP) is 2.18. The number of nitrogens with zero attached hydrogens (tertiary/aromatic N) is 1. The molecule has 5 nitrogen and oxygen atoms in total. The second-order valence-corrected chi connectivity index (χ2v) is 5.17. The minimum atomic E-state index is 0. The van der Waals surface area contributed by atoms with Crippen molar-refractivity contribution in [2.24, 2.45) is 4.99 Å². The molecule has 0 saturated carbocycles. The van der Waals surface area contributed by atoms with Crippen LogP contribution in [-0.2, 0) is 4.79 Å². The maximum absolute atomic E-state index is 11.7. The third-order valence-electron chi connectivity index (χ3n) is 3.32. The maximum atomic E-state index is 11.7. The van der Waals surface area contributed by atoms with Gasteiger partial charge in [0, 0.05) is 25.0 Å². The number of hydrogen-bond acceptors (Lipinski definition) is 2. The molecule has 3 N–H and O–H groups in total. The van der Waals surface area contributed by atoms with Gasteiger partial charge < -0.3 is 16.0 Å². The van der Waals surface area contributed by atoms with Gasteiger partial charge in [-0.2, -0.15) is 0 Å². The highest BCUT2D eigenvalue weighted by Crippen LogP contribution is 2.08. The van der Waals surface area contributed by atoms with Crippen LogP contribution in [0.15, 0.2) is 17.1 Å². The van der Waals surface area contributed by atoms with Crippen molar-refractivity contribution in [2.45, 2.75) is 58.5 Å². The molecule has 1 aliphatic rings. The van der Waals surface area contributed by atoms with Gasteiger partial charge in [0.15, 0.2) is 5.96 Å². The predicted molar refractivity (Wildman–Crippen MR) is 99.2 cm³/mol. The topological polar surface area (TPSA) is 65.5 Å². The van der Waals surface area contributed by atoms with Crippen molar-refractivity contribution < 1.29 is 4.79 Å². The van der Waals surface area contributed by atoms with E-state index in [4.69, 9.17) is 0 Å². The summed E-state index contributed by atoms with van der Waals surface area (Å²) in [5.41, 5.74) is 0. The lowest BCUT2D eigenvalue weighted by molar-refractivity contribution is -0.121. The van der Waals surface area contributed by atoms with Crippen molar-refractivity contribution >= 4 is 35.8 Å². The Hall–Kier alpha value is -0.790. The largest absolute Gasteiger partial charge is 0.357 e. The van der Waals surface area contributed by atoms with E-state index in [9.17, 15) is 4.79 Å². The van der Waals surface area contributed by atoms with Crippen LogP contribution in [0.5, 0.6) is 0 Å². The summed E-state index contributed by atoms with van der Waals surface area (Å²) in [4.78, 5) is 16.1. The van der Waals surface area contributed by atoms with E-state index in [1.165, 1.54) is 0 Å². The highest BCUT2D eigenvalue weighted by atomic mass is 127.